The zero-order valence-corrected chi connectivity index (χ0v) is 28.5. The Bertz CT molecular complexity index is 2070. The number of ether oxygens (including phenoxy) is 1. The first kappa shape index (κ1) is 33.0. The fourth-order valence-electron chi connectivity index (χ4n) is 6.31. The van der Waals surface area contributed by atoms with Crippen LogP contribution in [0.1, 0.15) is 78.5 Å². The highest BCUT2D eigenvalue weighted by molar-refractivity contribution is 5.95. The third-order valence-corrected chi connectivity index (χ3v) is 8.54. The second-order valence-electron chi connectivity index (χ2n) is 13.9. The molecular weight excluding hydrogens is 618 g/mol. The number of amides is 1. The lowest BCUT2D eigenvalue weighted by atomic mass is 9.97. The first-order valence-corrected chi connectivity index (χ1v) is 16.2. The topological polar surface area (TPSA) is 107 Å². The first-order valence-electron chi connectivity index (χ1n) is 16.2. The van der Waals surface area contributed by atoms with Crippen molar-refractivity contribution in [2.24, 2.45) is 0 Å². The van der Waals surface area contributed by atoms with E-state index in [9.17, 15) is 9.59 Å². The monoisotopic (exact) mass is 658 g/mol. The number of aromatic nitrogens is 4. The molecule has 1 aliphatic heterocycles. The van der Waals surface area contributed by atoms with E-state index in [0.717, 1.165) is 5.56 Å². The molecule has 1 saturated heterocycles. The minimum absolute atomic E-state index is 0.0164. The summed E-state index contributed by atoms with van der Waals surface area (Å²) >= 11 is 0. The summed E-state index contributed by atoms with van der Waals surface area (Å²) in [6.45, 7) is 16.2. The van der Waals surface area contributed by atoms with Crippen molar-refractivity contribution in [3.8, 4) is 16.9 Å². The molecule has 0 N–H and O–H groups in total. The van der Waals surface area contributed by atoms with Gasteiger partial charge in [0.05, 0.1) is 28.6 Å². The molecule has 1 amide bonds. The van der Waals surface area contributed by atoms with Crippen LogP contribution in [0, 0.1) is 11.6 Å². The van der Waals surface area contributed by atoms with Gasteiger partial charge in [-0.1, -0.05) is 27.7 Å². The Morgan fingerprint density at radius 1 is 1.02 bits per heavy atom. The summed E-state index contributed by atoms with van der Waals surface area (Å²) < 4.78 is 44.4. The van der Waals surface area contributed by atoms with Crippen LogP contribution >= 0.6 is 0 Å². The van der Waals surface area contributed by atoms with Crippen molar-refractivity contribution >= 4 is 33.9 Å². The van der Waals surface area contributed by atoms with Crippen LogP contribution in [0.2, 0.25) is 0 Å². The largest absolute Gasteiger partial charge is 0.464 e. The lowest BCUT2D eigenvalue weighted by Gasteiger charge is -2.41. The Kier molecular flexibility index (Phi) is 8.47. The molecule has 1 aromatic carbocycles. The molecule has 10 nitrogen and oxygen atoms in total. The van der Waals surface area contributed by atoms with Gasteiger partial charge >= 0.3 is 11.8 Å². The average Bonchev–Trinajstić information content (AvgIpc) is 3.48. The highest BCUT2D eigenvalue weighted by atomic mass is 19.1. The number of pyridine rings is 2. The molecule has 5 aromatic rings. The Morgan fingerprint density at radius 2 is 1.77 bits per heavy atom. The molecule has 0 spiro atoms. The van der Waals surface area contributed by atoms with Crippen molar-refractivity contribution < 1.29 is 22.7 Å². The van der Waals surface area contributed by atoms with E-state index < -0.39 is 29.0 Å². The van der Waals surface area contributed by atoms with Crippen LogP contribution in [0.25, 0.3) is 38.9 Å². The highest BCUT2D eigenvalue weighted by Gasteiger charge is 2.33. The molecule has 1 fully saturated rings. The third kappa shape index (κ3) is 5.88. The van der Waals surface area contributed by atoms with Crippen LogP contribution in [0.4, 0.5) is 19.4 Å². The van der Waals surface area contributed by atoms with Crippen molar-refractivity contribution in [2.75, 3.05) is 24.5 Å². The summed E-state index contributed by atoms with van der Waals surface area (Å²) in [5.41, 5.74) is 0.492. The Labute approximate surface area is 277 Å². The van der Waals surface area contributed by atoms with E-state index in [-0.39, 0.29) is 51.6 Å². The lowest BCUT2D eigenvalue weighted by Crippen LogP contribution is -2.55. The number of benzene rings is 1. The fraction of sp³-hybridized carbons (Fsp3) is 0.417. The number of hydrogen-bond acceptors (Lipinski definition) is 8. The molecule has 252 valence electrons. The number of fused-ring (bicyclic) bond motifs is 2. The molecule has 12 heteroatoms. The Hall–Kier alpha value is -4.87. The van der Waals surface area contributed by atoms with E-state index in [1.165, 1.54) is 23.0 Å². The van der Waals surface area contributed by atoms with Gasteiger partial charge in [0.2, 0.25) is 0 Å². The van der Waals surface area contributed by atoms with Crippen LogP contribution in [0.3, 0.4) is 0 Å². The van der Waals surface area contributed by atoms with Gasteiger partial charge in [-0.25, -0.2) is 27.9 Å². The van der Waals surface area contributed by atoms with Gasteiger partial charge in [-0.2, -0.15) is 4.98 Å². The smallest absolute Gasteiger partial charge is 0.410 e. The minimum atomic E-state index is -0.807. The molecule has 1 atom stereocenters. The molecule has 4 aromatic heterocycles. The second kappa shape index (κ2) is 12.3. The molecule has 5 heterocycles. The van der Waals surface area contributed by atoms with Crippen molar-refractivity contribution in [2.45, 2.75) is 78.9 Å². The normalized spacial score (nSPS) is 15.7. The number of carbonyl (C=O) groups excluding carboxylic acids is 1. The summed E-state index contributed by atoms with van der Waals surface area (Å²) in [7, 11) is 0. The van der Waals surface area contributed by atoms with E-state index in [4.69, 9.17) is 14.1 Å². The van der Waals surface area contributed by atoms with Crippen molar-refractivity contribution in [3.63, 3.8) is 0 Å². The van der Waals surface area contributed by atoms with Gasteiger partial charge in [-0.05, 0) is 75.4 Å². The van der Waals surface area contributed by atoms with Crippen molar-refractivity contribution in [1.82, 2.24) is 24.4 Å². The third-order valence-electron chi connectivity index (χ3n) is 8.54. The molecule has 0 bridgehead atoms. The van der Waals surface area contributed by atoms with E-state index in [1.54, 1.807) is 44.0 Å². The molecule has 0 unspecified atom stereocenters. The summed E-state index contributed by atoms with van der Waals surface area (Å²) in [4.78, 5) is 44.6. The lowest BCUT2D eigenvalue weighted by molar-refractivity contribution is 0.0218. The number of rotatable bonds is 5. The number of hydrogen-bond donors (Lipinski definition) is 0. The van der Waals surface area contributed by atoms with E-state index in [2.05, 4.69) is 9.97 Å². The highest BCUT2D eigenvalue weighted by Crippen LogP contribution is 2.37. The van der Waals surface area contributed by atoms with Gasteiger partial charge in [0.25, 0.3) is 0 Å². The Morgan fingerprint density at radius 3 is 2.44 bits per heavy atom. The predicted octanol–water partition coefficient (Wildman–Crippen LogP) is 7.56. The Balaban J connectivity index is 1.61. The predicted molar refractivity (Wildman–Crippen MR) is 181 cm³/mol. The number of halogens is 2. The van der Waals surface area contributed by atoms with E-state index >= 15 is 8.78 Å². The molecule has 0 aliphatic carbocycles. The van der Waals surface area contributed by atoms with Crippen LogP contribution < -0.4 is 10.6 Å². The molecular formula is C36H40F2N6O4. The van der Waals surface area contributed by atoms with E-state index in [1.807, 2.05) is 45.6 Å². The van der Waals surface area contributed by atoms with Crippen LogP contribution in [-0.4, -0.2) is 61.8 Å². The minimum Gasteiger partial charge on any atom is -0.464 e. The van der Waals surface area contributed by atoms with Gasteiger partial charge < -0.3 is 19.0 Å². The van der Waals surface area contributed by atoms with Gasteiger partial charge in [0.15, 0.2) is 11.5 Å². The zero-order chi connectivity index (χ0) is 34.7. The molecule has 0 radical (unpaired) electrons. The summed E-state index contributed by atoms with van der Waals surface area (Å²) in [6, 6.07) is 7.24. The average molecular weight is 659 g/mol. The molecule has 6 rings (SSSR count). The quantitative estimate of drug-likeness (QED) is 0.191. The van der Waals surface area contributed by atoms with Crippen molar-refractivity contribution in [1.29, 1.82) is 0 Å². The SMILES string of the molecule is CC(C)c1ccnc(C(C)C)c1-n1c(=O)nc(N2CCN(C(=O)OC(C)(C)C)C[C@@H]2C)c2cc(F)c(-c3c(F)ccc4ccoc34)nc21. The fourth-order valence-corrected chi connectivity index (χ4v) is 6.31. The van der Waals surface area contributed by atoms with Crippen LogP contribution in [0.15, 0.2) is 52.0 Å². The summed E-state index contributed by atoms with van der Waals surface area (Å²) in [6.07, 6.45) is 2.68. The number of anilines is 1. The molecule has 0 saturated carbocycles. The number of furan rings is 1. The van der Waals surface area contributed by atoms with Gasteiger partial charge in [0, 0.05) is 37.3 Å². The number of piperazine rings is 1. The summed E-state index contributed by atoms with van der Waals surface area (Å²) in [5, 5.41) is 0.836. The zero-order valence-electron chi connectivity index (χ0n) is 28.5. The van der Waals surface area contributed by atoms with E-state index in [0.29, 0.717) is 36.4 Å². The van der Waals surface area contributed by atoms with Crippen molar-refractivity contribution in [3.05, 3.63) is 76.2 Å². The molecule has 1 aliphatic rings. The maximum absolute atomic E-state index is 16.4. The standard InChI is InChI=1S/C36H40F2N6O4/c1-19(2)23-11-13-39-28(20(3)4)30(23)44-33-24(17-26(38)29(40-33)27-25(37)10-9-22-12-16-47-31(22)27)32(41-34(44)45)43-15-14-42(18-21(43)5)35(46)48-36(6,7)8/h9-13,16-17,19-21H,14-15,18H2,1-8H3/t21-/m0/s1. The number of nitrogens with zero attached hydrogens (tertiary/aromatic N) is 6. The number of carbonyl (C=O) groups is 1. The van der Waals surface area contributed by atoms with Crippen LogP contribution in [0.5, 0.6) is 0 Å². The maximum atomic E-state index is 16.4. The second-order valence-corrected chi connectivity index (χ2v) is 13.9. The maximum Gasteiger partial charge on any atom is 0.410 e. The van der Waals surface area contributed by atoms with Crippen LogP contribution in [-0.2, 0) is 4.74 Å². The van der Waals surface area contributed by atoms with Gasteiger partial charge in [-0.3, -0.25) is 4.98 Å². The first-order chi connectivity index (χ1) is 22.7. The summed E-state index contributed by atoms with van der Waals surface area (Å²) in [5.74, 6) is -1.41. The van der Waals surface area contributed by atoms with Gasteiger partial charge in [0.1, 0.15) is 28.5 Å². The molecule has 48 heavy (non-hydrogen) atoms. The van der Waals surface area contributed by atoms with Gasteiger partial charge in [-0.15, -0.1) is 0 Å².